The van der Waals surface area contributed by atoms with Crippen molar-refractivity contribution >= 4 is 15.7 Å². The number of hydrogen-bond acceptors (Lipinski definition) is 6. The van der Waals surface area contributed by atoms with Crippen molar-refractivity contribution in [2.75, 3.05) is 13.2 Å². The first-order chi connectivity index (χ1) is 15.3. The Morgan fingerprint density at radius 2 is 1.81 bits per heavy atom. The highest BCUT2D eigenvalue weighted by Gasteiger charge is 2.21. The van der Waals surface area contributed by atoms with E-state index in [0.717, 1.165) is 25.0 Å². The second-order valence-corrected chi connectivity index (χ2v) is 10.0. The Morgan fingerprint density at radius 1 is 1.09 bits per heavy atom. The molecule has 4 rings (SSSR count). The molecule has 0 bridgehead atoms. The lowest BCUT2D eigenvalue weighted by atomic mass is 10.1. The molecule has 1 N–H and O–H groups in total. The number of aromatic nitrogens is 1. The third-order valence-corrected chi connectivity index (χ3v) is 7.15. The molecule has 1 saturated heterocycles. The molecule has 0 aliphatic carbocycles. The van der Waals surface area contributed by atoms with Crippen LogP contribution in [0.3, 0.4) is 0 Å². The maximum absolute atomic E-state index is 12.8. The van der Waals surface area contributed by atoms with E-state index in [0.29, 0.717) is 35.0 Å². The molecule has 3 aromatic rings. The van der Waals surface area contributed by atoms with E-state index in [2.05, 4.69) is 10.3 Å². The molecule has 168 valence electrons. The molecule has 1 amide bonds. The Balaban J connectivity index is 1.45. The Kier molecular flexibility index (Phi) is 6.43. The molecule has 1 fully saturated rings. The Morgan fingerprint density at radius 3 is 2.47 bits per heavy atom. The predicted octanol–water partition coefficient (Wildman–Crippen LogP) is 3.84. The summed E-state index contributed by atoms with van der Waals surface area (Å²) in [7, 11) is -3.54. The minimum atomic E-state index is -3.54. The van der Waals surface area contributed by atoms with Crippen molar-refractivity contribution in [3.8, 4) is 11.5 Å². The summed E-state index contributed by atoms with van der Waals surface area (Å²) in [6.45, 7) is 4.85. The molecule has 32 heavy (non-hydrogen) atoms. The number of oxazole rings is 1. The first-order valence-corrected chi connectivity index (χ1v) is 12.2. The monoisotopic (exact) mass is 454 g/mol. The number of hydrogen-bond donors (Lipinski definition) is 1. The second-order valence-electron chi connectivity index (χ2n) is 8.02. The first-order valence-electron chi connectivity index (χ1n) is 10.6. The lowest BCUT2D eigenvalue weighted by Crippen LogP contribution is -2.31. The van der Waals surface area contributed by atoms with Crippen molar-refractivity contribution in [2.45, 2.75) is 43.4 Å². The first kappa shape index (κ1) is 22.2. The summed E-state index contributed by atoms with van der Waals surface area (Å²) in [5.74, 6) is 0.368. The molecular weight excluding hydrogens is 428 g/mol. The normalized spacial score (nSPS) is 16.2. The summed E-state index contributed by atoms with van der Waals surface area (Å²) >= 11 is 0. The van der Waals surface area contributed by atoms with E-state index in [1.807, 2.05) is 6.92 Å². The van der Waals surface area contributed by atoms with Gasteiger partial charge in [-0.05, 0) is 63.1 Å². The molecular formula is C24H26N2O5S. The molecule has 8 heteroatoms. The van der Waals surface area contributed by atoms with E-state index in [9.17, 15) is 13.2 Å². The molecule has 0 spiro atoms. The van der Waals surface area contributed by atoms with E-state index in [-0.39, 0.29) is 22.7 Å². The van der Waals surface area contributed by atoms with Gasteiger partial charge in [-0.2, -0.15) is 0 Å². The third-order valence-electron chi connectivity index (χ3n) is 5.51. The van der Waals surface area contributed by atoms with Crippen molar-refractivity contribution < 1.29 is 22.4 Å². The number of amides is 1. The molecule has 1 aliphatic rings. The molecule has 1 aromatic heterocycles. The zero-order chi connectivity index (χ0) is 22.7. The quantitative estimate of drug-likeness (QED) is 0.582. The molecule has 1 aliphatic heterocycles. The summed E-state index contributed by atoms with van der Waals surface area (Å²) in [6.07, 6.45) is 2.08. The number of ether oxygens (including phenoxy) is 1. The van der Waals surface area contributed by atoms with Gasteiger partial charge in [0.2, 0.25) is 5.89 Å². The van der Waals surface area contributed by atoms with Gasteiger partial charge in [0, 0.05) is 24.3 Å². The van der Waals surface area contributed by atoms with Crippen LogP contribution in [-0.2, 0) is 20.3 Å². The van der Waals surface area contributed by atoms with Crippen LogP contribution in [-0.4, -0.2) is 38.6 Å². The van der Waals surface area contributed by atoms with Crippen LogP contribution in [0.25, 0.3) is 11.5 Å². The summed E-state index contributed by atoms with van der Waals surface area (Å²) in [5.41, 5.74) is 2.56. The van der Waals surface area contributed by atoms with Crippen molar-refractivity contribution in [3.63, 3.8) is 0 Å². The fraction of sp³-hybridized carbons (Fsp3) is 0.333. The largest absolute Gasteiger partial charge is 0.441 e. The van der Waals surface area contributed by atoms with E-state index >= 15 is 0 Å². The highest BCUT2D eigenvalue weighted by atomic mass is 32.2. The maximum atomic E-state index is 12.8. The molecule has 0 saturated carbocycles. The van der Waals surface area contributed by atoms with Crippen molar-refractivity contribution in [1.82, 2.24) is 10.3 Å². The highest BCUT2D eigenvalue weighted by molar-refractivity contribution is 7.90. The fourth-order valence-corrected chi connectivity index (χ4v) is 4.92. The number of benzene rings is 2. The van der Waals surface area contributed by atoms with Gasteiger partial charge in [-0.15, -0.1) is 0 Å². The van der Waals surface area contributed by atoms with Crippen LogP contribution >= 0.6 is 0 Å². The van der Waals surface area contributed by atoms with E-state index in [4.69, 9.17) is 9.15 Å². The van der Waals surface area contributed by atoms with Gasteiger partial charge >= 0.3 is 0 Å². The molecule has 0 radical (unpaired) electrons. The minimum absolute atomic E-state index is 0.0862. The molecule has 7 nitrogen and oxygen atoms in total. The summed E-state index contributed by atoms with van der Waals surface area (Å²) in [4.78, 5) is 17.0. The van der Waals surface area contributed by atoms with Gasteiger partial charge in [0.25, 0.3) is 5.91 Å². The average molecular weight is 455 g/mol. The van der Waals surface area contributed by atoms with Gasteiger partial charge in [0.05, 0.1) is 16.7 Å². The maximum Gasteiger partial charge on any atom is 0.251 e. The van der Waals surface area contributed by atoms with Gasteiger partial charge in [0.15, 0.2) is 9.84 Å². The van der Waals surface area contributed by atoms with Gasteiger partial charge in [0.1, 0.15) is 11.5 Å². The third kappa shape index (κ3) is 5.08. The Bertz CT molecular complexity index is 1190. The standard InChI is InChI=1S/C24H26N2O5S/c1-16-5-11-21(12-6-16)32(28,29)15-22-17(2)31-24(26-22)19-9-7-18(8-10-19)23(27)25-14-20-4-3-13-30-20/h5-12,20H,3-4,13-15H2,1-2H3,(H,25,27)/t20-/m0/s1. The van der Waals surface area contributed by atoms with Crippen LogP contribution in [0.1, 0.15) is 40.2 Å². The smallest absolute Gasteiger partial charge is 0.251 e. The summed E-state index contributed by atoms with van der Waals surface area (Å²) in [6, 6.07) is 13.6. The summed E-state index contributed by atoms with van der Waals surface area (Å²) < 4.78 is 36.7. The zero-order valence-electron chi connectivity index (χ0n) is 18.1. The number of sulfone groups is 1. The van der Waals surface area contributed by atoms with Crippen molar-refractivity contribution in [2.24, 2.45) is 0 Å². The van der Waals surface area contributed by atoms with Crippen molar-refractivity contribution in [1.29, 1.82) is 0 Å². The van der Waals surface area contributed by atoms with Crippen LogP contribution in [0.4, 0.5) is 0 Å². The SMILES string of the molecule is Cc1ccc(S(=O)(=O)Cc2nc(-c3ccc(C(=O)NC[C@@H]4CCCO4)cc3)oc2C)cc1. The molecule has 0 unspecified atom stereocenters. The summed E-state index contributed by atoms with van der Waals surface area (Å²) in [5, 5.41) is 2.89. The Hall–Kier alpha value is -2.97. The van der Waals surface area contributed by atoms with Gasteiger partial charge in [-0.3, -0.25) is 4.79 Å². The van der Waals surface area contributed by atoms with Gasteiger partial charge in [-0.1, -0.05) is 17.7 Å². The van der Waals surface area contributed by atoms with Crippen LogP contribution in [0.5, 0.6) is 0 Å². The van der Waals surface area contributed by atoms with Crippen molar-refractivity contribution in [3.05, 3.63) is 71.1 Å². The number of nitrogens with zero attached hydrogens (tertiary/aromatic N) is 1. The number of carbonyl (C=O) groups excluding carboxylic acids is 1. The van der Waals surface area contributed by atoms with Gasteiger partial charge in [-0.25, -0.2) is 13.4 Å². The number of nitrogens with one attached hydrogen (secondary N) is 1. The van der Waals surface area contributed by atoms with Crippen LogP contribution in [0.2, 0.25) is 0 Å². The predicted molar refractivity (Wildman–Crippen MR) is 120 cm³/mol. The second kappa shape index (κ2) is 9.26. The molecule has 2 heterocycles. The fourth-order valence-electron chi connectivity index (χ4n) is 3.57. The Labute approximate surface area is 187 Å². The van der Waals surface area contributed by atoms with Crippen LogP contribution in [0, 0.1) is 13.8 Å². The number of rotatable bonds is 7. The molecule has 1 atom stereocenters. The lowest BCUT2D eigenvalue weighted by molar-refractivity contribution is 0.0858. The van der Waals surface area contributed by atoms with E-state index < -0.39 is 9.84 Å². The molecule has 2 aromatic carbocycles. The minimum Gasteiger partial charge on any atom is -0.441 e. The highest BCUT2D eigenvalue weighted by Crippen LogP contribution is 2.25. The lowest BCUT2D eigenvalue weighted by Gasteiger charge is -2.10. The number of carbonyl (C=O) groups is 1. The average Bonchev–Trinajstić information content (AvgIpc) is 3.42. The van der Waals surface area contributed by atoms with Crippen LogP contribution in [0.15, 0.2) is 57.8 Å². The van der Waals surface area contributed by atoms with E-state index in [1.165, 1.54) is 0 Å². The van der Waals surface area contributed by atoms with E-state index in [1.54, 1.807) is 55.5 Å². The topological polar surface area (TPSA) is 98.5 Å². The number of aryl methyl sites for hydroxylation is 2. The zero-order valence-corrected chi connectivity index (χ0v) is 18.9. The van der Waals surface area contributed by atoms with Gasteiger partial charge < -0.3 is 14.5 Å². The van der Waals surface area contributed by atoms with Crippen LogP contribution < -0.4 is 5.32 Å².